The van der Waals surface area contributed by atoms with Crippen LogP contribution in [0.2, 0.25) is 0 Å². The van der Waals surface area contributed by atoms with Crippen LogP contribution >= 0.6 is 0 Å². The van der Waals surface area contributed by atoms with E-state index in [0.29, 0.717) is 6.61 Å². The number of carbonyl (C=O) groups is 1. The lowest BCUT2D eigenvalue weighted by molar-refractivity contribution is -0.150. The lowest BCUT2D eigenvalue weighted by Crippen LogP contribution is -2.45. The summed E-state index contributed by atoms with van der Waals surface area (Å²) in [5.74, 6) is -0.323. The van der Waals surface area contributed by atoms with E-state index in [4.69, 9.17) is 4.74 Å². The van der Waals surface area contributed by atoms with Crippen LogP contribution in [0, 0.1) is 0 Å². The average molecular weight is 275 g/mol. The maximum atomic E-state index is 12.2. The number of ether oxygens (including phenoxy) is 1. The molecule has 1 heterocycles. The molecule has 2 aromatic rings. The molecular weight excluding hydrogens is 258 g/mol. The zero-order valence-electron chi connectivity index (χ0n) is 11.7. The van der Waals surface area contributed by atoms with Gasteiger partial charge in [0.2, 0.25) is 0 Å². The Kier molecular flexibility index (Phi) is 4.09. The Morgan fingerprint density at radius 1 is 1.50 bits per heavy atom. The highest BCUT2D eigenvalue weighted by Gasteiger charge is 2.35. The molecule has 0 radical (unpaired) electrons. The smallest absolute Gasteiger partial charge is 0.330 e. The van der Waals surface area contributed by atoms with Gasteiger partial charge in [-0.3, -0.25) is 0 Å². The van der Waals surface area contributed by atoms with Crippen LogP contribution in [0.3, 0.4) is 0 Å². The first-order valence-corrected chi connectivity index (χ1v) is 6.32. The number of benzene rings is 1. The van der Waals surface area contributed by atoms with Crippen molar-refractivity contribution in [2.24, 2.45) is 0 Å². The number of esters is 1. The van der Waals surface area contributed by atoms with Gasteiger partial charge in [-0.2, -0.15) is 0 Å². The molecule has 2 rings (SSSR count). The number of hydrogen-bond donors (Lipinski definition) is 1. The van der Waals surface area contributed by atoms with Gasteiger partial charge in [-0.25, -0.2) is 9.48 Å². The summed E-state index contributed by atoms with van der Waals surface area (Å²) in [6.07, 6.45) is 1.50. The molecule has 7 heteroatoms. The number of likely N-dealkylation sites (N-methyl/N-ethyl adjacent to an activating group) is 1. The highest BCUT2D eigenvalue weighted by molar-refractivity contribution is 5.82. The molecular formula is C13H17N5O2. The van der Waals surface area contributed by atoms with E-state index in [0.717, 1.165) is 11.3 Å². The topological polar surface area (TPSA) is 81.9 Å². The molecule has 7 nitrogen and oxygen atoms in total. The van der Waals surface area contributed by atoms with Crippen molar-refractivity contribution in [3.63, 3.8) is 0 Å². The summed E-state index contributed by atoms with van der Waals surface area (Å²) < 4.78 is 6.67. The van der Waals surface area contributed by atoms with Crippen molar-refractivity contribution in [3.8, 4) is 5.69 Å². The van der Waals surface area contributed by atoms with Gasteiger partial charge >= 0.3 is 5.97 Å². The number of carbonyl (C=O) groups excluding carboxylic acids is 1. The van der Waals surface area contributed by atoms with Crippen LogP contribution in [0.25, 0.3) is 5.69 Å². The van der Waals surface area contributed by atoms with E-state index in [-0.39, 0.29) is 5.97 Å². The van der Waals surface area contributed by atoms with E-state index in [1.54, 1.807) is 20.9 Å². The second kappa shape index (κ2) is 5.79. The van der Waals surface area contributed by atoms with Crippen molar-refractivity contribution >= 4 is 5.97 Å². The van der Waals surface area contributed by atoms with Gasteiger partial charge in [0.1, 0.15) is 11.9 Å². The van der Waals surface area contributed by atoms with E-state index in [2.05, 4.69) is 20.8 Å². The van der Waals surface area contributed by atoms with Crippen molar-refractivity contribution in [3.05, 3.63) is 36.2 Å². The second-order valence-corrected chi connectivity index (χ2v) is 4.40. The third-order valence-electron chi connectivity index (χ3n) is 3.22. The Morgan fingerprint density at radius 3 is 2.90 bits per heavy atom. The molecule has 0 bridgehead atoms. The fraction of sp³-hybridized carbons (Fsp3) is 0.385. The highest BCUT2D eigenvalue weighted by Crippen LogP contribution is 2.24. The van der Waals surface area contributed by atoms with Crippen LogP contribution in [0.1, 0.15) is 19.4 Å². The van der Waals surface area contributed by atoms with E-state index >= 15 is 0 Å². The summed E-state index contributed by atoms with van der Waals surface area (Å²) in [7, 11) is 1.72. The van der Waals surface area contributed by atoms with Crippen molar-refractivity contribution in [1.29, 1.82) is 0 Å². The first kappa shape index (κ1) is 14.1. The van der Waals surface area contributed by atoms with E-state index in [1.165, 1.54) is 11.0 Å². The molecule has 0 spiro atoms. The van der Waals surface area contributed by atoms with Gasteiger partial charge in [-0.15, -0.1) is 5.10 Å². The first-order valence-electron chi connectivity index (χ1n) is 6.32. The van der Waals surface area contributed by atoms with Crippen LogP contribution in [0.5, 0.6) is 0 Å². The number of hydrogen-bond acceptors (Lipinski definition) is 6. The zero-order valence-corrected chi connectivity index (χ0v) is 11.7. The summed E-state index contributed by atoms with van der Waals surface area (Å²) in [6, 6.07) is 7.42. The first-order chi connectivity index (χ1) is 9.61. The number of aromatic nitrogens is 4. The largest absolute Gasteiger partial charge is 0.464 e. The minimum absolute atomic E-state index is 0.323. The predicted octanol–water partition coefficient (Wildman–Crippen LogP) is 0.660. The lowest BCUT2D eigenvalue weighted by atomic mass is 9.92. The third-order valence-corrected chi connectivity index (χ3v) is 3.22. The minimum atomic E-state index is -0.917. The number of tetrazole rings is 1. The molecule has 0 aliphatic carbocycles. The van der Waals surface area contributed by atoms with Crippen LogP contribution < -0.4 is 5.32 Å². The number of nitrogens with one attached hydrogen (secondary N) is 1. The summed E-state index contributed by atoms with van der Waals surface area (Å²) >= 11 is 0. The van der Waals surface area contributed by atoms with Crippen LogP contribution in [-0.4, -0.2) is 39.8 Å². The number of rotatable bonds is 5. The molecule has 1 atom stereocenters. The molecule has 0 saturated carbocycles. The van der Waals surface area contributed by atoms with Crippen molar-refractivity contribution in [2.75, 3.05) is 13.7 Å². The molecule has 0 aliphatic rings. The van der Waals surface area contributed by atoms with Gasteiger partial charge in [-0.1, -0.05) is 12.1 Å². The van der Waals surface area contributed by atoms with Crippen molar-refractivity contribution in [2.45, 2.75) is 19.4 Å². The second-order valence-electron chi connectivity index (χ2n) is 4.40. The fourth-order valence-electron chi connectivity index (χ4n) is 1.88. The summed E-state index contributed by atoms with van der Waals surface area (Å²) in [4.78, 5) is 12.2. The summed E-state index contributed by atoms with van der Waals surface area (Å²) in [5.41, 5.74) is 0.643. The van der Waals surface area contributed by atoms with E-state index in [9.17, 15) is 4.79 Å². The van der Waals surface area contributed by atoms with Crippen LogP contribution in [-0.2, 0) is 15.1 Å². The molecule has 0 fully saturated rings. The van der Waals surface area contributed by atoms with Crippen molar-refractivity contribution in [1.82, 2.24) is 25.5 Å². The lowest BCUT2D eigenvalue weighted by Gasteiger charge is -2.27. The molecule has 0 saturated heterocycles. The Bertz CT molecular complexity index is 584. The fourth-order valence-corrected chi connectivity index (χ4v) is 1.88. The van der Waals surface area contributed by atoms with Crippen LogP contribution in [0.4, 0.5) is 0 Å². The molecule has 0 aliphatic heterocycles. The van der Waals surface area contributed by atoms with Gasteiger partial charge in [0.25, 0.3) is 0 Å². The normalized spacial score (nSPS) is 13.8. The molecule has 106 valence electrons. The molecule has 0 amide bonds. The van der Waals surface area contributed by atoms with Crippen molar-refractivity contribution < 1.29 is 9.53 Å². The zero-order chi connectivity index (χ0) is 14.6. The summed E-state index contributed by atoms with van der Waals surface area (Å²) in [5, 5.41) is 14.1. The van der Waals surface area contributed by atoms with E-state index in [1.807, 2.05) is 24.3 Å². The van der Waals surface area contributed by atoms with Gasteiger partial charge < -0.3 is 10.1 Å². The minimum Gasteiger partial charge on any atom is -0.464 e. The monoisotopic (exact) mass is 275 g/mol. The Labute approximate surface area is 116 Å². The van der Waals surface area contributed by atoms with Gasteiger partial charge in [-0.05, 0) is 49.0 Å². The highest BCUT2D eigenvalue weighted by atomic mass is 16.5. The average Bonchev–Trinajstić information content (AvgIpc) is 3.01. The molecule has 1 aromatic heterocycles. The Hall–Kier alpha value is -2.28. The quantitative estimate of drug-likeness (QED) is 0.807. The molecule has 1 N–H and O–H groups in total. The predicted molar refractivity (Wildman–Crippen MR) is 72.2 cm³/mol. The maximum Gasteiger partial charge on any atom is 0.330 e. The SMILES string of the molecule is CCOC(=O)C(C)(NC)c1cccc(-n2cnnn2)c1. The molecule has 1 aromatic carbocycles. The standard InChI is InChI=1S/C13H17N5O2/c1-4-20-12(19)13(2,14-3)10-6-5-7-11(8-10)18-9-15-16-17-18/h5-9,14H,4H2,1-3H3. The third kappa shape index (κ3) is 2.53. The summed E-state index contributed by atoms with van der Waals surface area (Å²) in [6.45, 7) is 3.90. The Morgan fingerprint density at radius 2 is 2.30 bits per heavy atom. The van der Waals surface area contributed by atoms with Crippen LogP contribution in [0.15, 0.2) is 30.6 Å². The number of nitrogens with zero attached hydrogens (tertiary/aromatic N) is 4. The maximum absolute atomic E-state index is 12.2. The van der Waals surface area contributed by atoms with Gasteiger partial charge in [0, 0.05) is 0 Å². The molecule has 20 heavy (non-hydrogen) atoms. The molecule has 1 unspecified atom stereocenters. The van der Waals surface area contributed by atoms with E-state index < -0.39 is 5.54 Å². The van der Waals surface area contributed by atoms with Gasteiger partial charge in [0.15, 0.2) is 0 Å². The Balaban J connectivity index is 2.40. The van der Waals surface area contributed by atoms with Gasteiger partial charge in [0.05, 0.1) is 12.3 Å².